The zero-order valence-electron chi connectivity index (χ0n) is 30.6. The Labute approximate surface area is 331 Å². The third kappa shape index (κ3) is 5.49. The van der Waals surface area contributed by atoms with Gasteiger partial charge in [-0.1, -0.05) is 140 Å². The standard InChI is InChI=1S/C51H32N4OS/c52-50(33-16-5-2-6-17-33)54-51(53-31-32-14-3-1-4-15-32)41-24-12-23-40-39-22-11-21-38(48(39)56-49(40)41)37-20-13-27-46-47(37)42-30-34(28-29-45(42)57-46)55-43-25-9-7-18-35(43)36-19-8-10-26-44(36)55/h1-31,52H/b52-50?,53-31+,54-51-. The largest absolute Gasteiger partial charge is 0.455 e. The first-order valence-corrected chi connectivity index (χ1v) is 19.7. The number of benzene rings is 8. The molecule has 0 radical (unpaired) electrons. The van der Waals surface area contributed by atoms with Crippen LogP contribution in [-0.2, 0) is 0 Å². The van der Waals surface area contributed by atoms with Crippen molar-refractivity contribution in [1.29, 1.82) is 5.41 Å². The van der Waals surface area contributed by atoms with Gasteiger partial charge in [0.1, 0.15) is 11.2 Å². The van der Waals surface area contributed by atoms with Crippen molar-refractivity contribution in [3.8, 4) is 16.8 Å². The summed E-state index contributed by atoms with van der Waals surface area (Å²) in [6, 6.07) is 62.7. The van der Waals surface area contributed by atoms with Crippen LogP contribution in [0.2, 0.25) is 0 Å². The Hall–Kier alpha value is -7.41. The van der Waals surface area contributed by atoms with Gasteiger partial charge < -0.3 is 8.98 Å². The highest BCUT2D eigenvalue weighted by molar-refractivity contribution is 7.26. The highest BCUT2D eigenvalue weighted by Gasteiger charge is 2.21. The average molecular weight is 749 g/mol. The molecule has 5 nitrogen and oxygen atoms in total. The topological polar surface area (TPSA) is 66.6 Å². The number of aliphatic imine (C=N–C) groups is 2. The molecule has 11 aromatic rings. The minimum absolute atomic E-state index is 0.126. The molecule has 0 aliphatic heterocycles. The molecule has 0 aliphatic rings. The summed E-state index contributed by atoms with van der Waals surface area (Å²) in [6.45, 7) is 0. The summed E-state index contributed by atoms with van der Waals surface area (Å²) >= 11 is 1.82. The van der Waals surface area contributed by atoms with Gasteiger partial charge in [-0.15, -0.1) is 11.3 Å². The van der Waals surface area contributed by atoms with Crippen molar-refractivity contribution in [3.05, 3.63) is 199 Å². The Morgan fingerprint density at radius 2 is 1.18 bits per heavy atom. The van der Waals surface area contributed by atoms with E-state index in [1.165, 1.54) is 42.0 Å². The van der Waals surface area contributed by atoms with Crippen LogP contribution in [0.4, 0.5) is 0 Å². The molecule has 0 amide bonds. The molecule has 268 valence electrons. The summed E-state index contributed by atoms with van der Waals surface area (Å²) in [4.78, 5) is 9.70. The number of furan rings is 1. The molecule has 0 unspecified atom stereocenters. The summed E-state index contributed by atoms with van der Waals surface area (Å²) in [5.41, 5.74) is 9.50. The molecule has 0 spiro atoms. The monoisotopic (exact) mass is 748 g/mol. The fourth-order valence-electron chi connectivity index (χ4n) is 8.19. The summed E-state index contributed by atoms with van der Waals surface area (Å²) in [7, 11) is 0. The lowest BCUT2D eigenvalue weighted by molar-refractivity contribution is 0.669. The van der Waals surface area contributed by atoms with Crippen LogP contribution in [0.5, 0.6) is 0 Å². The number of rotatable bonds is 5. The fraction of sp³-hybridized carbons (Fsp3) is 0. The zero-order chi connectivity index (χ0) is 37.9. The van der Waals surface area contributed by atoms with E-state index in [-0.39, 0.29) is 5.84 Å². The fourth-order valence-corrected chi connectivity index (χ4v) is 9.30. The quantitative estimate of drug-likeness (QED) is 0.138. The lowest BCUT2D eigenvalue weighted by Gasteiger charge is -2.09. The van der Waals surface area contributed by atoms with E-state index in [4.69, 9.17) is 19.8 Å². The Morgan fingerprint density at radius 1 is 0.544 bits per heavy atom. The summed E-state index contributed by atoms with van der Waals surface area (Å²) in [6.07, 6.45) is 1.79. The third-order valence-electron chi connectivity index (χ3n) is 10.8. The molecule has 0 atom stereocenters. The number of thiophene rings is 1. The smallest absolute Gasteiger partial charge is 0.165 e. The normalized spacial score (nSPS) is 12.3. The Kier molecular flexibility index (Phi) is 7.76. The number of hydrogen-bond donors (Lipinski definition) is 1. The van der Waals surface area contributed by atoms with Crippen LogP contribution < -0.4 is 0 Å². The molecule has 57 heavy (non-hydrogen) atoms. The van der Waals surface area contributed by atoms with Gasteiger partial charge in [0.05, 0.1) is 16.6 Å². The number of aromatic nitrogens is 1. The van der Waals surface area contributed by atoms with Crippen LogP contribution in [0.3, 0.4) is 0 Å². The molecule has 0 bridgehead atoms. The molecule has 3 aromatic heterocycles. The highest BCUT2D eigenvalue weighted by Crippen LogP contribution is 2.45. The number of nitrogens with one attached hydrogen (secondary N) is 1. The number of nitrogens with zero attached hydrogens (tertiary/aromatic N) is 3. The van der Waals surface area contributed by atoms with Crippen molar-refractivity contribution in [2.75, 3.05) is 0 Å². The first-order valence-electron chi connectivity index (χ1n) is 18.9. The van der Waals surface area contributed by atoms with Gasteiger partial charge in [0.2, 0.25) is 0 Å². The molecule has 0 saturated carbocycles. The second-order valence-electron chi connectivity index (χ2n) is 14.1. The third-order valence-corrected chi connectivity index (χ3v) is 11.9. The van der Waals surface area contributed by atoms with E-state index in [0.717, 1.165) is 44.3 Å². The lowest BCUT2D eigenvalue weighted by Crippen LogP contribution is -2.05. The van der Waals surface area contributed by atoms with Crippen molar-refractivity contribution < 1.29 is 4.42 Å². The zero-order valence-corrected chi connectivity index (χ0v) is 31.4. The van der Waals surface area contributed by atoms with Gasteiger partial charge in [-0.05, 0) is 53.6 Å². The molecule has 3 heterocycles. The van der Waals surface area contributed by atoms with Crippen LogP contribution in [-0.4, -0.2) is 22.5 Å². The Balaban J connectivity index is 1.11. The highest BCUT2D eigenvalue weighted by atomic mass is 32.1. The molecule has 11 rings (SSSR count). The van der Waals surface area contributed by atoms with Gasteiger partial charge in [0.15, 0.2) is 11.7 Å². The molecular weight excluding hydrogens is 717 g/mol. The molecule has 1 N–H and O–H groups in total. The minimum Gasteiger partial charge on any atom is -0.455 e. The maximum absolute atomic E-state index is 8.93. The average Bonchev–Trinajstić information content (AvgIpc) is 3.95. The van der Waals surface area contributed by atoms with Gasteiger partial charge in [-0.2, -0.15) is 0 Å². The number of amidine groups is 2. The van der Waals surface area contributed by atoms with E-state index in [2.05, 4.69) is 114 Å². The predicted octanol–water partition coefficient (Wildman–Crippen LogP) is 13.6. The van der Waals surface area contributed by atoms with E-state index in [1.54, 1.807) is 6.21 Å². The maximum atomic E-state index is 8.93. The van der Waals surface area contributed by atoms with Gasteiger partial charge in [-0.25, -0.2) is 9.98 Å². The second kappa shape index (κ2) is 13.4. The van der Waals surface area contributed by atoms with Crippen molar-refractivity contribution in [2.24, 2.45) is 9.98 Å². The van der Waals surface area contributed by atoms with Crippen LogP contribution >= 0.6 is 11.3 Å². The molecule has 0 fully saturated rings. The van der Waals surface area contributed by atoms with Gasteiger partial charge in [-0.3, -0.25) is 5.41 Å². The van der Waals surface area contributed by atoms with E-state index in [1.807, 2.05) is 84.1 Å². The molecule has 6 heteroatoms. The van der Waals surface area contributed by atoms with Crippen molar-refractivity contribution in [2.45, 2.75) is 0 Å². The Bertz CT molecular complexity index is 3370. The van der Waals surface area contributed by atoms with E-state index in [9.17, 15) is 0 Å². The van der Waals surface area contributed by atoms with Crippen LogP contribution in [0.15, 0.2) is 196 Å². The SMILES string of the molecule is N=C(/N=C(\N=C\c1ccccc1)c1cccc2c1oc1c(-c3cccc4sc5ccc(-n6c7ccccc7c7ccccc76)cc5c34)cccc12)c1ccccc1. The van der Waals surface area contributed by atoms with Crippen LogP contribution in [0.25, 0.3) is 80.7 Å². The van der Waals surface area contributed by atoms with Gasteiger partial charge >= 0.3 is 0 Å². The molecule has 0 saturated heterocycles. The Morgan fingerprint density at radius 3 is 1.95 bits per heavy atom. The first-order chi connectivity index (χ1) is 28.2. The number of para-hydroxylation sites is 4. The van der Waals surface area contributed by atoms with Gasteiger partial charge in [0, 0.05) is 64.7 Å². The summed E-state index contributed by atoms with van der Waals surface area (Å²) in [5.74, 6) is 0.531. The van der Waals surface area contributed by atoms with Crippen molar-refractivity contribution >= 4 is 93.1 Å². The predicted molar refractivity (Wildman–Crippen MR) is 240 cm³/mol. The van der Waals surface area contributed by atoms with Gasteiger partial charge in [0.25, 0.3) is 0 Å². The van der Waals surface area contributed by atoms with E-state index < -0.39 is 0 Å². The second-order valence-corrected chi connectivity index (χ2v) is 15.2. The molecule has 8 aromatic carbocycles. The number of hydrogen-bond acceptors (Lipinski definition) is 3. The summed E-state index contributed by atoms with van der Waals surface area (Å²) in [5, 5.41) is 15.8. The van der Waals surface area contributed by atoms with Crippen molar-refractivity contribution in [1.82, 2.24) is 4.57 Å². The minimum atomic E-state index is 0.126. The number of fused-ring (bicyclic) bond motifs is 9. The van der Waals surface area contributed by atoms with Crippen LogP contribution in [0, 0.1) is 5.41 Å². The first kappa shape index (κ1) is 33.0. The maximum Gasteiger partial charge on any atom is 0.165 e. The van der Waals surface area contributed by atoms with E-state index in [0.29, 0.717) is 17.0 Å². The lowest BCUT2D eigenvalue weighted by atomic mass is 9.97. The van der Waals surface area contributed by atoms with E-state index >= 15 is 0 Å². The summed E-state index contributed by atoms with van der Waals surface area (Å²) < 4.78 is 11.8. The molecular formula is C51H32N4OS. The van der Waals surface area contributed by atoms with Crippen molar-refractivity contribution in [3.63, 3.8) is 0 Å². The van der Waals surface area contributed by atoms with Crippen LogP contribution in [0.1, 0.15) is 16.7 Å². The molecule has 0 aliphatic carbocycles.